The molecule has 3 amide bonds. The molecule has 0 bridgehead atoms. The minimum Gasteiger partial charge on any atom is -0.386 e. The Morgan fingerprint density at radius 2 is 2.11 bits per heavy atom. The minimum atomic E-state index is -0.713. The van der Waals surface area contributed by atoms with E-state index in [0.29, 0.717) is 38.2 Å². The van der Waals surface area contributed by atoms with Crippen molar-refractivity contribution >= 4 is 17.7 Å². The van der Waals surface area contributed by atoms with Crippen LogP contribution in [0.25, 0.3) is 0 Å². The number of aliphatic hydroxyl groups is 1. The molecule has 3 aliphatic heterocycles. The zero-order valence-electron chi connectivity index (χ0n) is 15.2. The van der Waals surface area contributed by atoms with Crippen LogP contribution in [0.1, 0.15) is 41.3 Å². The molecule has 4 rings (SSSR count). The number of rotatable bonds is 5. The molecule has 2 unspecified atom stereocenters. The van der Waals surface area contributed by atoms with Crippen molar-refractivity contribution in [2.45, 2.75) is 50.5 Å². The van der Waals surface area contributed by atoms with Crippen LogP contribution in [-0.2, 0) is 22.7 Å². The van der Waals surface area contributed by atoms with Crippen LogP contribution < -0.4 is 16.0 Å². The van der Waals surface area contributed by atoms with Crippen molar-refractivity contribution in [1.82, 2.24) is 20.9 Å². The molecule has 1 aromatic rings. The van der Waals surface area contributed by atoms with E-state index in [4.69, 9.17) is 0 Å². The Bertz CT molecular complexity index is 805. The van der Waals surface area contributed by atoms with E-state index in [2.05, 4.69) is 16.0 Å². The SMILES string of the molecule is CC(NCc1ccc2c(c1)CN(C1CCC(=O)NC1=O)C2=O)C1(O)CNC1. The van der Waals surface area contributed by atoms with Crippen LogP contribution in [0.2, 0.25) is 0 Å². The Labute approximate surface area is 157 Å². The monoisotopic (exact) mass is 372 g/mol. The van der Waals surface area contributed by atoms with Crippen molar-refractivity contribution in [3.05, 3.63) is 34.9 Å². The zero-order valence-corrected chi connectivity index (χ0v) is 15.2. The predicted molar refractivity (Wildman–Crippen MR) is 96.6 cm³/mol. The number of β-amino-alcohol motifs (C(OH)–C–C–N with tert-alkyl or cyclic N) is 1. The van der Waals surface area contributed by atoms with E-state index in [-0.39, 0.29) is 24.3 Å². The van der Waals surface area contributed by atoms with Gasteiger partial charge in [0.05, 0.1) is 0 Å². The van der Waals surface area contributed by atoms with Gasteiger partial charge < -0.3 is 20.6 Å². The lowest BCUT2D eigenvalue weighted by Gasteiger charge is -2.42. The van der Waals surface area contributed by atoms with Crippen molar-refractivity contribution in [2.24, 2.45) is 0 Å². The third-order valence-corrected chi connectivity index (χ3v) is 5.87. The minimum absolute atomic E-state index is 0.0476. The highest BCUT2D eigenvalue weighted by molar-refractivity contribution is 6.05. The second kappa shape index (κ2) is 6.70. The topological polar surface area (TPSA) is 111 Å². The van der Waals surface area contributed by atoms with Gasteiger partial charge in [0.2, 0.25) is 11.8 Å². The van der Waals surface area contributed by atoms with Crippen LogP contribution in [0.3, 0.4) is 0 Å². The first-order valence-electron chi connectivity index (χ1n) is 9.30. The summed E-state index contributed by atoms with van der Waals surface area (Å²) < 4.78 is 0. The molecule has 27 heavy (non-hydrogen) atoms. The number of fused-ring (bicyclic) bond motifs is 1. The third-order valence-electron chi connectivity index (χ3n) is 5.87. The van der Waals surface area contributed by atoms with Crippen LogP contribution in [0.5, 0.6) is 0 Å². The maximum absolute atomic E-state index is 12.7. The second-order valence-electron chi connectivity index (χ2n) is 7.70. The van der Waals surface area contributed by atoms with Crippen molar-refractivity contribution < 1.29 is 19.5 Å². The van der Waals surface area contributed by atoms with Crippen LogP contribution in [0.4, 0.5) is 0 Å². The van der Waals surface area contributed by atoms with E-state index in [9.17, 15) is 19.5 Å². The first-order valence-corrected chi connectivity index (χ1v) is 9.30. The van der Waals surface area contributed by atoms with Crippen molar-refractivity contribution in [3.8, 4) is 0 Å². The Morgan fingerprint density at radius 3 is 2.78 bits per heavy atom. The van der Waals surface area contributed by atoms with Crippen LogP contribution >= 0.6 is 0 Å². The molecule has 1 aromatic carbocycles. The number of amides is 3. The van der Waals surface area contributed by atoms with Crippen LogP contribution in [-0.4, -0.2) is 58.5 Å². The normalized spacial score (nSPS) is 25.0. The number of carbonyl (C=O) groups is 3. The summed E-state index contributed by atoms with van der Waals surface area (Å²) in [5.74, 6) is -0.848. The van der Waals surface area contributed by atoms with Crippen LogP contribution in [0.15, 0.2) is 18.2 Å². The average molecular weight is 372 g/mol. The zero-order chi connectivity index (χ0) is 19.2. The first kappa shape index (κ1) is 18.1. The molecule has 8 nitrogen and oxygen atoms in total. The molecule has 4 N–H and O–H groups in total. The molecule has 0 aromatic heterocycles. The van der Waals surface area contributed by atoms with Gasteiger partial charge >= 0.3 is 0 Å². The summed E-state index contributed by atoms with van der Waals surface area (Å²) in [4.78, 5) is 37.7. The maximum Gasteiger partial charge on any atom is 0.255 e. The fraction of sp³-hybridized carbons (Fsp3) is 0.526. The molecular formula is C19H24N4O4. The van der Waals surface area contributed by atoms with Crippen molar-refractivity contribution in [3.63, 3.8) is 0 Å². The van der Waals surface area contributed by atoms with Gasteiger partial charge in [0.1, 0.15) is 11.6 Å². The van der Waals surface area contributed by atoms with E-state index >= 15 is 0 Å². The molecule has 3 heterocycles. The van der Waals surface area contributed by atoms with E-state index in [0.717, 1.165) is 11.1 Å². The molecule has 0 radical (unpaired) electrons. The standard InChI is InChI=1S/C19H24N4O4/c1-11(19(27)9-20-10-19)21-7-12-2-3-14-13(6-12)8-23(18(14)26)15-4-5-16(24)22-17(15)25/h2-3,6,11,15,20-21,27H,4-5,7-10H2,1H3,(H,22,24,25). The van der Waals surface area contributed by atoms with E-state index < -0.39 is 17.6 Å². The molecule has 2 atom stereocenters. The summed E-state index contributed by atoms with van der Waals surface area (Å²) in [6.07, 6.45) is 0.615. The largest absolute Gasteiger partial charge is 0.386 e. The lowest BCUT2D eigenvalue weighted by molar-refractivity contribution is -0.136. The van der Waals surface area contributed by atoms with Gasteiger partial charge in [0.25, 0.3) is 5.91 Å². The molecule has 8 heteroatoms. The fourth-order valence-electron chi connectivity index (χ4n) is 3.89. The maximum atomic E-state index is 12.7. The highest BCUT2D eigenvalue weighted by Gasteiger charge is 2.40. The smallest absolute Gasteiger partial charge is 0.255 e. The lowest BCUT2D eigenvalue weighted by atomic mass is 9.89. The summed E-state index contributed by atoms with van der Waals surface area (Å²) in [7, 11) is 0. The summed E-state index contributed by atoms with van der Waals surface area (Å²) in [5, 5.41) is 19.1. The van der Waals surface area contributed by atoms with Gasteiger partial charge in [-0.3, -0.25) is 19.7 Å². The highest BCUT2D eigenvalue weighted by atomic mass is 16.3. The van der Waals surface area contributed by atoms with Gasteiger partial charge in [-0.1, -0.05) is 12.1 Å². The van der Waals surface area contributed by atoms with Gasteiger partial charge in [0.15, 0.2) is 0 Å². The number of nitrogens with zero attached hydrogens (tertiary/aromatic N) is 1. The number of hydrogen-bond donors (Lipinski definition) is 4. The van der Waals surface area contributed by atoms with Gasteiger partial charge in [-0.2, -0.15) is 0 Å². The molecule has 144 valence electrons. The third kappa shape index (κ3) is 3.24. The molecule has 0 saturated carbocycles. The quantitative estimate of drug-likeness (QED) is 0.507. The van der Waals surface area contributed by atoms with Crippen LogP contribution in [0, 0.1) is 0 Å². The molecular weight excluding hydrogens is 348 g/mol. The fourth-order valence-corrected chi connectivity index (χ4v) is 3.89. The van der Waals surface area contributed by atoms with Gasteiger partial charge in [-0.05, 0) is 30.5 Å². The molecule has 3 aliphatic rings. The summed E-state index contributed by atoms with van der Waals surface area (Å²) in [5.41, 5.74) is 1.81. The Morgan fingerprint density at radius 1 is 1.33 bits per heavy atom. The number of hydrogen-bond acceptors (Lipinski definition) is 6. The number of benzene rings is 1. The number of nitrogens with one attached hydrogen (secondary N) is 3. The number of imide groups is 1. The summed E-state index contributed by atoms with van der Waals surface area (Å²) >= 11 is 0. The Hall–Kier alpha value is -2.29. The predicted octanol–water partition coefficient (Wildman–Crippen LogP) is -0.740. The number of carbonyl (C=O) groups excluding carboxylic acids is 3. The van der Waals surface area contributed by atoms with Gasteiger partial charge in [-0.25, -0.2) is 0 Å². The summed E-state index contributed by atoms with van der Waals surface area (Å²) in [6, 6.07) is 5.03. The van der Waals surface area contributed by atoms with E-state index in [1.165, 1.54) is 0 Å². The molecule has 2 fully saturated rings. The Balaban J connectivity index is 1.43. The molecule has 2 saturated heterocycles. The van der Waals surface area contributed by atoms with Crippen molar-refractivity contribution in [2.75, 3.05) is 13.1 Å². The van der Waals surface area contributed by atoms with E-state index in [1.807, 2.05) is 19.1 Å². The molecule has 0 spiro atoms. The summed E-state index contributed by atoms with van der Waals surface area (Å²) in [6.45, 7) is 4.09. The lowest BCUT2D eigenvalue weighted by Crippen LogP contribution is -2.68. The second-order valence-corrected chi connectivity index (χ2v) is 7.70. The average Bonchev–Trinajstić information content (AvgIpc) is 2.93. The molecule has 0 aliphatic carbocycles. The number of piperidine rings is 1. The van der Waals surface area contributed by atoms with E-state index in [1.54, 1.807) is 11.0 Å². The highest BCUT2D eigenvalue weighted by Crippen LogP contribution is 2.28. The van der Waals surface area contributed by atoms with Crippen molar-refractivity contribution in [1.29, 1.82) is 0 Å². The van der Waals surface area contributed by atoms with Gasteiger partial charge in [0, 0.05) is 44.2 Å². The first-order chi connectivity index (χ1) is 12.9. The Kier molecular flexibility index (Phi) is 4.49. The van der Waals surface area contributed by atoms with Gasteiger partial charge in [-0.15, -0.1) is 0 Å².